The van der Waals surface area contributed by atoms with Gasteiger partial charge in [-0.3, -0.25) is 0 Å². The van der Waals surface area contributed by atoms with Crippen molar-refractivity contribution in [3.05, 3.63) is 65.7 Å². The molecule has 0 fully saturated rings. The van der Waals surface area contributed by atoms with E-state index in [-0.39, 0.29) is 12.1 Å². The molecular weight excluding hydrogens is 300 g/mol. The van der Waals surface area contributed by atoms with Crippen LogP contribution in [0.5, 0.6) is 0 Å². The topological polar surface area (TPSA) is 58.9 Å². The maximum Gasteiger partial charge on any atom is 0.243 e. The molecule has 24 heavy (non-hydrogen) atoms. The van der Waals surface area contributed by atoms with Crippen molar-refractivity contribution in [1.82, 2.24) is 20.2 Å². The summed E-state index contributed by atoms with van der Waals surface area (Å²) in [4.78, 5) is 2.10. The predicted molar refractivity (Wildman–Crippen MR) is 94.1 cm³/mol. The summed E-state index contributed by atoms with van der Waals surface area (Å²) in [6.45, 7) is 0. The second-order valence-corrected chi connectivity index (χ2v) is 6.29. The van der Waals surface area contributed by atoms with Gasteiger partial charge < -0.3 is 10.2 Å². The van der Waals surface area contributed by atoms with Crippen molar-refractivity contribution >= 4 is 11.6 Å². The molecule has 6 heteroatoms. The van der Waals surface area contributed by atoms with Crippen LogP contribution in [0.25, 0.3) is 0 Å². The van der Waals surface area contributed by atoms with E-state index < -0.39 is 0 Å². The van der Waals surface area contributed by atoms with Crippen LogP contribution in [0.4, 0.5) is 11.6 Å². The van der Waals surface area contributed by atoms with Crippen molar-refractivity contribution in [3.8, 4) is 0 Å². The molecule has 0 radical (unpaired) electrons. The van der Waals surface area contributed by atoms with Crippen LogP contribution in [0.1, 0.15) is 29.6 Å². The van der Waals surface area contributed by atoms with Gasteiger partial charge in [-0.25, -0.2) is 4.68 Å². The van der Waals surface area contributed by atoms with Gasteiger partial charge in [0.05, 0.1) is 12.1 Å². The Morgan fingerprint density at radius 2 is 1.75 bits per heavy atom. The Hall–Kier alpha value is -2.89. The van der Waals surface area contributed by atoms with Crippen molar-refractivity contribution in [2.75, 3.05) is 24.3 Å². The number of nitrogens with zero attached hydrogens (tertiary/aromatic N) is 5. The summed E-state index contributed by atoms with van der Waals surface area (Å²) in [5.74, 6) is 0.719. The number of aromatic nitrogens is 4. The van der Waals surface area contributed by atoms with Crippen molar-refractivity contribution in [2.24, 2.45) is 0 Å². The Balaban J connectivity index is 1.69. The molecule has 122 valence electrons. The lowest BCUT2D eigenvalue weighted by atomic mass is 9.93. The van der Waals surface area contributed by atoms with E-state index in [1.807, 2.05) is 24.8 Å². The second-order valence-electron chi connectivity index (χ2n) is 6.29. The molecule has 6 nitrogen and oxygen atoms in total. The molecule has 0 aliphatic carbocycles. The number of anilines is 2. The zero-order chi connectivity index (χ0) is 16.5. The minimum atomic E-state index is 0.123. The maximum atomic E-state index is 4.18. The molecule has 0 saturated heterocycles. The fraction of sp³-hybridized carbons (Fsp3) is 0.278. The SMILES string of the molecule is CN(C)c1ccc([C@@H]2C[C@H](c3ccccc3)Nc3nnnn32)cc1. The average Bonchev–Trinajstić information content (AvgIpc) is 3.10. The fourth-order valence-electron chi connectivity index (χ4n) is 3.21. The van der Waals surface area contributed by atoms with Crippen LogP contribution >= 0.6 is 0 Å². The van der Waals surface area contributed by atoms with E-state index >= 15 is 0 Å². The lowest BCUT2D eigenvalue weighted by Crippen LogP contribution is -2.28. The third-order valence-corrected chi connectivity index (χ3v) is 4.55. The van der Waals surface area contributed by atoms with Crippen molar-refractivity contribution in [1.29, 1.82) is 0 Å². The Kier molecular flexibility index (Phi) is 3.65. The van der Waals surface area contributed by atoms with E-state index in [4.69, 9.17) is 0 Å². The van der Waals surface area contributed by atoms with Crippen LogP contribution in [0.3, 0.4) is 0 Å². The Labute approximate surface area is 141 Å². The highest BCUT2D eigenvalue weighted by Crippen LogP contribution is 2.37. The summed E-state index contributed by atoms with van der Waals surface area (Å²) >= 11 is 0. The molecule has 0 spiro atoms. The first-order valence-corrected chi connectivity index (χ1v) is 8.09. The molecule has 1 N–H and O–H groups in total. The average molecular weight is 320 g/mol. The molecule has 3 aromatic rings. The highest BCUT2D eigenvalue weighted by molar-refractivity contribution is 5.47. The molecule has 0 saturated carbocycles. The summed E-state index contributed by atoms with van der Waals surface area (Å²) in [6, 6.07) is 19.4. The lowest BCUT2D eigenvalue weighted by molar-refractivity contribution is 0.424. The quantitative estimate of drug-likeness (QED) is 0.804. The molecule has 4 rings (SSSR count). The molecule has 0 unspecified atom stereocenters. The van der Waals surface area contributed by atoms with Gasteiger partial charge in [-0.1, -0.05) is 47.6 Å². The molecule has 2 atom stereocenters. The van der Waals surface area contributed by atoms with Crippen molar-refractivity contribution in [2.45, 2.75) is 18.5 Å². The number of hydrogen-bond acceptors (Lipinski definition) is 5. The highest BCUT2D eigenvalue weighted by atomic mass is 15.6. The first-order chi connectivity index (χ1) is 11.7. The highest BCUT2D eigenvalue weighted by Gasteiger charge is 2.30. The third kappa shape index (κ3) is 2.60. The summed E-state index contributed by atoms with van der Waals surface area (Å²) in [5.41, 5.74) is 3.66. The number of rotatable bonds is 3. The predicted octanol–water partition coefficient (Wildman–Crippen LogP) is 2.89. The summed E-state index contributed by atoms with van der Waals surface area (Å²) in [6.07, 6.45) is 0.906. The Morgan fingerprint density at radius 1 is 1.00 bits per heavy atom. The molecule has 1 aliphatic rings. The van der Waals surface area contributed by atoms with Gasteiger partial charge in [0, 0.05) is 19.8 Å². The number of fused-ring (bicyclic) bond motifs is 1. The van der Waals surface area contributed by atoms with E-state index in [1.165, 1.54) is 16.8 Å². The minimum Gasteiger partial charge on any atom is -0.378 e. The number of hydrogen-bond donors (Lipinski definition) is 1. The molecule has 0 bridgehead atoms. The standard InChI is InChI=1S/C18H20N6/c1-23(2)15-10-8-14(9-11-15)17-12-16(13-6-4-3-5-7-13)19-18-20-21-22-24(17)18/h3-11,16-17H,12H2,1-2H3,(H,19,20,22)/t16-,17+/m1/s1. The summed E-state index contributed by atoms with van der Waals surface area (Å²) < 4.78 is 1.88. The van der Waals surface area contributed by atoms with E-state index in [9.17, 15) is 0 Å². The van der Waals surface area contributed by atoms with E-state index in [0.717, 1.165) is 12.4 Å². The number of benzene rings is 2. The van der Waals surface area contributed by atoms with E-state index in [1.54, 1.807) is 0 Å². The van der Waals surface area contributed by atoms with Crippen LogP contribution in [0.15, 0.2) is 54.6 Å². The largest absolute Gasteiger partial charge is 0.378 e. The molecule has 2 aromatic carbocycles. The van der Waals surface area contributed by atoms with Crippen molar-refractivity contribution < 1.29 is 0 Å². The fourth-order valence-corrected chi connectivity index (χ4v) is 3.21. The van der Waals surface area contributed by atoms with Gasteiger partial charge in [0.15, 0.2) is 0 Å². The van der Waals surface area contributed by atoms with Gasteiger partial charge in [0.1, 0.15) is 0 Å². The van der Waals surface area contributed by atoms with Crippen LogP contribution in [0, 0.1) is 0 Å². The maximum absolute atomic E-state index is 4.18. The molecular formula is C18H20N6. The Morgan fingerprint density at radius 3 is 2.46 bits per heavy atom. The summed E-state index contributed by atoms with van der Waals surface area (Å²) in [5, 5.41) is 15.6. The van der Waals surface area contributed by atoms with Gasteiger partial charge in [0.2, 0.25) is 5.95 Å². The normalized spacial score (nSPS) is 19.4. The zero-order valence-electron chi connectivity index (χ0n) is 13.8. The van der Waals surface area contributed by atoms with Crippen molar-refractivity contribution in [3.63, 3.8) is 0 Å². The van der Waals surface area contributed by atoms with Gasteiger partial charge in [-0.05, 0) is 40.1 Å². The van der Waals surface area contributed by atoms with Crippen LogP contribution in [-0.2, 0) is 0 Å². The number of nitrogens with one attached hydrogen (secondary N) is 1. The molecule has 1 aliphatic heterocycles. The van der Waals surface area contributed by atoms with Gasteiger partial charge in [-0.2, -0.15) is 0 Å². The van der Waals surface area contributed by atoms with Crippen LogP contribution in [0.2, 0.25) is 0 Å². The molecule has 1 aromatic heterocycles. The number of tetrazole rings is 1. The lowest BCUT2D eigenvalue weighted by Gasteiger charge is -2.31. The first-order valence-electron chi connectivity index (χ1n) is 8.09. The second kappa shape index (κ2) is 5.96. The minimum absolute atomic E-state index is 0.123. The van der Waals surface area contributed by atoms with E-state index in [2.05, 4.69) is 74.3 Å². The van der Waals surface area contributed by atoms with Gasteiger partial charge in [-0.15, -0.1) is 0 Å². The van der Waals surface area contributed by atoms with Gasteiger partial charge in [0.25, 0.3) is 0 Å². The monoisotopic (exact) mass is 320 g/mol. The molecule has 0 amide bonds. The third-order valence-electron chi connectivity index (χ3n) is 4.55. The first kappa shape index (κ1) is 14.7. The van der Waals surface area contributed by atoms with Gasteiger partial charge >= 0.3 is 0 Å². The Bertz CT molecular complexity index is 809. The smallest absolute Gasteiger partial charge is 0.243 e. The zero-order valence-corrected chi connectivity index (χ0v) is 13.8. The summed E-state index contributed by atoms with van der Waals surface area (Å²) in [7, 11) is 4.09. The van der Waals surface area contributed by atoms with Crippen LogP contribution in [-0.4, -0.2) is 34.3 Å². The van der Waals surface area contributed by atoms with Crippen LogP contribution < -0.4 is 10.2 Å². The molecule has 2 heterocycles. The van der Waals surface area contributed by atoms with E-state index in [0.29, 0.717) is 0 Å².